The minimum Gasteiger partial charge on any atom is -0.468 e. The van der Waals surface area contributed by atoms with Crippen LogP contribution in [0.5, 0.6) is 0 Å². The summed E-state index contributed by atoms with van der Waals surface area (Å²) in [7, 11) is 0. The van der Waals surface area contributed by atoms with Crippen LogP contribution in [0.15, 0.2) is 21.2 Å². The van der Waals surface area contributed by atoms with Crippen molar-refractivity contribution in [1.29, 1.82) is 0 Å². The fraction of sp³-hybridized carbons (Fsp3) is 0.750. The topological polar surface area (TPSA) is 13.1 Å². The molecule has 2 heterocycles. The minimum absolute atomic E-state index is 1.00. The zero-order valence-electron chi connectivity index (χ0n) is 11.7. The van der Waals surface area contributed by atoms with Gasteiger partial charge in [-0.2, -0.15) is 0 Å². The number of fused-ring (bicyclic) bond motifs is 1. The Bertz CT molecular complexity index is 403. The van der Waals surface area contributed by atoms with Crippen molar-refractivity contribution in [2.24, 2.45) is 5.92 Å². The lowest BCUT2D eigenvalue weighted by molar-refractivity contribution is 0.488. The fourth-order valence-corrected chi connectivity index (χ4v) is 4.86. The number of rotatable bonds is 4. The summed E-state index contributed by atoms with van der Waals surface area (Å²) in [4.78, 5) is 0. The van der Waals surface area contributed by atoms with Crippen LogP contribution in [-0.2, 0) is 6.42 Å². The largest absolute Gasteiger partial charge is 0.468 e. The Labute approximate surface area is 125 Å². The molecule has 3 heteroatoms. The van der Waals surface area contributed by atoms with E-state index in [2.05, 4.69) is 15.9 Å². The van der Waals surface area contributed by atoms with E-state index < -0.39 is 0 Å². The highest BCUT2D eigenvalue weighted by molar-refractivity contribution is 9.10. The molecule has 0 spiro atoms. The van der Waals surface area contributed by atoms with Gasteiger partial charge in [0, 0.05) is 6.42 Å². The molecule has 1 aromatic rings. The van der Waals surface area contributed by atoms with Gasteiger partial charge in [0.05, 0.1) is 10.7 Å². The number of halogens is 1. The maximum Gasteiger partial charge on any atom is 0.143 e. The molecular weight excluding hydrogens is 299 g/mol. The quantitative estimate of drug-likeness (QED) is 0.636. The third kappa shape index (κ3) is 3.29. The van der Waals surface area contributed by atoms with Gasteiger partial charge in [-0.1, -0.05) is 63.4 Å². The van der Waals surface area contributed by atoms with E-state index in [1.165, 1.54) is 57.6 Å². The summed E-state index contributed by atoms with van der Waals surface area (Å²) in [5.41, 5.74) is 0. The Morgan fingerprint density at radius 2 is 2.11 bits per heavy atom. The normalized spacial score (nSPS) is 27.3. The smallest absolute Gasteiger partial charge is 0.143 e. The van der Waals surface area contributed by atoms with Crippen molar-refractivity contribution in [2.75, 3.05) is 0 Å². The number of aryl methyl sites for hydroxylation is 1. The van der Waals surface area contributed by atoms with Crippen LogP contribution >= 0.6 is 15.9 Å². The van der Waals surface area contributed by atoms with E-state index >= 15 is 0 Å². The van der Waals surface area contributed by atoms with Crippen LogP contribution in [0, 0.1) is 5.92 Å². The molecule has 2 fully saturated rings. The van der Waals surface area contributed by atoms with Crippen molar-refractivity contribution in [2.45, 2.75) is 69.8 Å². The highest BCUT2D eigenvalue weighted by Crippen LogP contribution is 2.46. The highest BCUT2D eigenvalue weighted by Gasteiger charge is 2.36. The summed E-state index contributed by atoms with van der Waals surface area (Å²) in [6, 6.07) is 2.01. The molecule has 0 bridgehead atoms. The molecule has 2 atom stereocenters. The first-order chi connectivity index (χ1) is 9.34. The molecular formula is C16H24BBrO. The molecule has 1 saturated carbocycles. The second-order valence-corrected chi connectivity index (χ2v) is 7.34. The SMILES string of the molecule is Brc1ccoc1CCCB1CCCCC2CCCC12. The van der Waals surface area contributed by atoms with Gasteiger partial charge in [-0.3, -0.25) is 0 Å². The predicted molar refractivity (Wildman–Crippen MR) is 85.0 cm³/mol. The molecule has 0 aromatic carbocycles. The predicted octanol–water partition coefficient (Wildman–Crippen LogP) is 5.82. The van der Waals surface area contributed by atoms with Crippen LogP contribution in [0.4, 0.5) is 0 Å². The monoisotopic (exact) mass is 322 g/mol. The first-order valence-corrected chi connectivity index (χ1v) is 8.86. The van der Waals surface area contributed by atoms with Gasteiger partial charge in [0.2, 0.25) is 0 Å². The van der Waals surface area contributed by atoms with E-state index in [1.807, 2.05) is 6.07 Å². The number of furan rings is 1. The van der Waals surface area contributed by atoms with Crippen molar-refractivity contribution in [1.82, 2.24) is 0 Å². The van der Waals surface area contributed by atoms with Crippen LogP contribution in [-0.4, -0.2) is 6.71 Å². The van der Waals surface area contributed by atoms with E-state index in [9.17, 15) is 0 Å². The fourth-order valence-electron chi connectivity index (χ4n) is 4.46. The van der Waals surface area contributed by atoms with E-state index in [1.54, 1.807) is 6.26 Å². The molecule has 1 aromatic heterocycles. The van der Waals surface area contributed by atoms with Gasteiger partial charge >= 0.3 is 0 Å². The Hall–Kier alpha value is -0.175. The van der Waals surface area contributed by atoms with Gasteiger partial charge in [-0.05, 0) is 27.9 Å². The lowest BCUT2D eigenvalue weighted by Crippen LogP contribution is -2.21. The summed E-state index contributed by atoms with van der Waals surface area (Å²) < 4.78 is 6.66. The first kappa shape index (κ1) is 13.8. The Kier molecular flexibility index (Phi) is 4.73. The maximum absolute atomic E-state index is 5.52. The van der Waals surface area contributed by atoms with Gasteiger partial charge in [0.15, 0.2) is 0 Å². The molecule has 1 aliphatic carbocycles. The van der Waals surface area contributed by atoms with Gasteiger partial charge in [-0.15, -0.1) is 0 Å². The molecule has 1 saturated heterocycles. The lowest BCUT2D eigenvalue weighted by Gasteiger charge is -2.23. The standard InChI is InChI=1S/C16H24BBrO/c18-15-9-12-19-16(15)8-4-11-17-10-2-1-5-13-6-3-7-14(13)17/h9,12-14H,1-8,10-11H2. The van der Waals surface area contributed by atoms with Crippen molar-refractivity contribution < 1.29 is 4.42 Å². The summed E-state index contributed by atoms with van der Waals surface area (Å²) in [5, 5.41) is 0. The molecule has 1 nitrogen and oxygen atoms in total. The molecule has 2 unspecified atom stereocenters. The minimum atomic E-state index is 1.00. The Morgan fingerprint density at radius 3 is 2.95 bits per heavy atom. The average Bonchev–Trinajstić information content (AvgIpc) is 2.98. The third-order valence-electron chi connectivity index (χ3n) is 5.39. The highest BCUT2D eigenvalue weighted by atomic mass is 79.9. The van der Waals surface area contributed by atoms with Crippen LogP contribution in [0.2, 0.25) is 18.5 Å². The molecule has 0 radical (unpaired) electrons. The first-order valence-electron chi connectivity index (χ1n) is 8.06. The van der Waals surface area contributed by atoms with Gasteiger partial charge in [-0.25, -0.2) is 0 Å². The second kappa shape index (κ2) is 6.52. The van der Waals surface area contributed by atoms with E-state index in [0.717, 1.165) is 35.1 Å². The van der Waals surface area contributed by atoms with Crippen molar-refractivity contribution in [3.63, 3.8) is 0 Å². The molecule has 19 heavy (non-hydrogen) atoms. The maximum atomic E-state index is 5.52. The molecule has 0 N–H and O–H groups in total. The lowest BCUT2D eigenvalue weighted by atomic mass is 9.35. The summed E-state index contributed by atoms with van der Waals surface area (Å²) in [6.45, 7) is 1.00. The van der Waals surface area contributed by atoms with Gasteiger partial charge < -0.3 is 4.42 Å². The molecule has 3 rings (SSSR count). The summed E-state index contributed by atoms with van der Waals surface area (Å²) in [6.07, 6.45) is 16.1. The van der Waals surface area contributed by atoms with E-state index in [4.69, 9.17) is 4.42 Å². The Morgan fingerprint density at radius 1 is 1.21 bits per heavy atom. The van der Waals surface area contributed by atoms with E-state index in [-0.39, 0.29) is 0 Å². The van der Waals surface area contributed by atoms with E-state index in [0.29, 0.717) is 0 Å². The van der Waals surface area contributed by atoms with Crippen molar-refractivity contribution in [3.8, 4) is 0 Å². The summed E-state index contributed by atoms with van der Waals surface area (Å²) in [5.74, 6) is 3.27. The van der Waals surface area contributed by atoms with Crippen molar-refractivity contribution in [3.05, 3.63) is 22.6 Å². The average molecular weight is 323 g/mol. The van der Waals surface area contributed by atoms with Crippen LogP contribution in [0.1, 0.15) is 50.7 Å². The van der Waals surface area contributed by atoms with Crippen LogP contribution < -0.4 is 0 Å². The van der Waals surface area contributed by atoms with Crippen molar-refractivity contribution >= 4 is 22.6 Å². The zero-order valence-corrected chi connectivity index (χ0v) is 13.3. The molecule has 104 valence electrons. The van der Waals surface area contributed by atoms with Gasteiger partial charge in [0.25, 0.3) is 0 Å². The molecule has 0 amide bonds. The van der Waals surface area contributed by atoms with Crippen LogP contribution in [0.3, 0.4) is 0 Å². The Balaban J connectivity index is 1.52. The third-order valence-corrected chi connectivity index (χ3v) is 6.10. The number of hydrogen-bond acceptors (Lipinski definition) is 1. The molecule has 1 aliphatic heterocycles. The number of hydrogen-bond donors (Lipinski definition) is 0. The van der Waals surface area contributed by atoms with Crippen LogP contribution in [0.25, 0.3) is 0 Å². The second-order valence-electron chi connectivity index (χ2n) is 6.48. The zero-order chi connectivity index (χ0) is 13.1. The molecule has 2 aliphatic rings. The van der Waals surface area contributed by atoms with Gasteiger partial charge in [0.1, 0.15) is 12.5 Å². The summed E-state index contributed by atoms with van der Waals surface area (Å²) >= 11 is 3.56.